The lowest BCUT2D eigenvalue weighted by Crippen LogP contribution is -2.16. The maximum absolute atomic E-state index is 12.6. The Morgan fingerprint density at radius 3 is 2.13 bits per heavy atom. The van der Waals surface area contributed by atoms with Gasteiger partial charge in [-0.25, -0.2) is 23.1 Å². The standard InChI is InChI=1S/C21H18Cl2N4O3S/c1-13-12-14(2)25-21(24-13)27-31(29,30)16-8-6-15(7-9-16)26-20(28)11-10-17-18(22)4-3-5-19(17)23/h3-12H,1-2H3,(H,26,28)(H,24,25,27)/b11-10+. The quantitative estimate of drug-likeness (QED) is 0.494. The number of anilines is 2. The number of carbonyl (C=O) groups is 1. The number of nitrogens with one attached hydrogen (secondary N) is 2. The summed E-state index contributed by atoms with van der Waals surface area (Å²) in [6, 6.07) is 12.5. The minimum absolute atomic E-state index is 0.00162. The molecule has 10 heteroatoms. The SMILES string of the molecule is Cc1cc(C)nc(NS(=O)(=O)c2ccc(NC(=O)/C=C/c3c(Cl)cccc3Cl)cc2)n1. The number of sulfonamides is 1. The maximum Gasteiger partial charge on any atom is 0.264 e. The van der Waals surface area contributed by atoms with Crippen LogP contribution in [-0.2, 0) is 14.8 Å². The number of rotatable bonds is 6. The molecule has 0 aliphatic carbocycles. The van der Waals surface area contributed by atoms with Crippen LogP contribution in [0, 0.1) is 13.8 Å². The van der Waals surface area contributed by atoms with Gasteiger partial charge in [-0.15, -0.1) is 0 Å². The third kappa shape index (κ3) is 6.04. The summed E-state index contributed by atoms with van der Waals surface area (Å²) in [6.45, 7) is 3.50. The Kier molecular flexibility index (Phi) is 6.94. The molecule has 1 aromatic heterocycles. The fourth-order valence-corrected chi connectivity index (χ4v) is 4.15. The number of aromatic nitrogens is 2. The van der Waals surface area contributed by atoms with Gasteiger partial charge in [0.25, 0.3) is 10.0 Å². The summed E-state index contributed by atoms with van der Waals surface area (Å²) in [5.41, 5.74) is 2.24. The third-order valence-electron chi connectivity index (χ3n) is 4.04. The van der Waals surface area contributed by atoms with Crippen LogP contribution in [0.25, 0.3) is 6.08 Å². The van der Waals surface area contributed by atoms with Gasteiger partial charge >= 0.3 is 0 Å². The summed E-state index contributed by atoms with van der Waals surface area (Å²) in [7, 11) is -3.88. The smallest absolute Gasteiger partial charge is 0.264 e. The number of amides is 1. The average Bonchev–Trinajstić information content (AvgIpc) is 2.67. The van der Waals surface area contributed by atoms with E-state index >= 15 is 0 Å². The highest BCUT2D eigenvalue weighted by Crippen LogP contribution is 2.25. The van der Waals surface area contributed by atoms with E-state index in [2.05, 4.69) is 20.0 Å². The van der Waals surface area contributed by atoms with Gasteiger partial charge in [0.1, 0.15) is 0 Å². The first-order chi connectivity index (χ1) is 14.6. The molecule has 2 aromatic carbocycles. The molecule has 0 aliphatic heterocycles. The van der Waals surface area contributed by atoms with E-state index in [4.69, 9.17) is 23.2 Å². The molecule has 0 radical (unpaired) electrons. The van der Waals surface area contributed by atoms with Crippen molar-refractivity contribution in [2.45, 2.75) is 18.7 Å². The van der Waals surface area contributed by atoms with Gasteiger partial charge in [-0.3, -0.25) is 4.79 Å². The molecule has 31 heavy (non-hydrogen) atoms. The molecular formula is C21H18Cl2N4O3S. The van der Waals surface area contributed by atoms with Gasteiger partial charge in [-0.2, -0.15) is 0 Å². The number of aryl methyl sites for hydroxylation is 2. The molecule has 0 aliphatic rings. The predicted molar refractivity (Wildman–Crippen MR) is 123 cm³/mol. The molecule has 1 amide bonds. The first-order valence-corrected chi connectivity index (χ1v) is 11.3. The normalized spacial score (nSPS) is 11.5. The number of hydrogen-bond donors (Lipinski definition) is 2. The molecule has 160 valence electrons. The van der Waals surface area contributed by atoms with E-state index in [1.165, 1.54) is 36.4 Å². The predicted octanol–water partition coefficient (Wildman–Crippen LogP) is 4.85. The molecular weight excluding hydrogens is 459 g/mol. The van der Waals surface area contributed by atoms with E-state index in [9.17, 15) is 13.2 Å². The highest BCUT2D eigenvalue weighted by atomic mass is 35.5. The van der Waals surface area contributed by atoms with Gasteiger partial charge in [0.2, 0.25) is 11.9 Å². The molecule has 2 N–H and O–H groups in total. The van der Waals surface area contributed by atoms with E-state index < -0.39 is 15.9 Å². The van der Waals surface area contributed by atoms with Crippen molar-refractivity contribution in [2.75, 3.05) is 10.0 Å². The second-order valence-corrected chi connectivity index (χ2v) is 9.06. The van der Waals surface area contributed by atoms with Gasteiger partial charge in [0.15, 0.2) is 0 Å². The molecule has 0 unspecified atom stereocenters. The molecule has 0 fully saturated rings. The fourth-order valence-electron chi connectivity index (χ4n) is 2.68. The highest BCUT2D eigenvalue weighted by molar-refractivity contribution is 7.92. The molecule has 0 bridgehead atoms. The van der Waals surface area contributed by atoms with Crippen LogP contribution in [0.1, 0.15) is 17.0 Å². The maximum atomic E-state index is 12.6. The number of halogens is 2. The Morgan fingerprint density at radius 1 is 0.968 bits per heavy atom. The van der Waals surface area contributed by atoms with Crippen molar-refractivity contribution in [1.82, 2.24) is 9.97 Å². The topological polar surface area (TPSA) is 101 Å². The van der Waals surface area contributed by atoms with Crippen molar-refractivity contribution in [3.63, 3.8) is 0 Å². The number of carbonyl (C=O) groups excluding carboxylic acids is 1. The molecule has 0 spiro atoms. The zero-order chi connectivity index (χ0) is 22.6. The van der Waals surface area contributed by atoms with Crippen molar-refractivity contribution in [1.29, 1.82) is 0 Å². The van der Waals surface area contributed by atoms with Gasteiger partial charge < -0.3 is 5.32 Å². The van der Waals surface area contributed by atoms with Crippen LogP contribution in [0.15, 0.2) is 59.5 Å². The number of hydrogen-bond acceptors (Lipinski definition) is 5. The van der Waals surface area contributed by atoms with Crippen molar-refractivity contribution in [3.8, 4) is 0 Å². The van der Waals surface area contributed by atoms with Crippen LogP contribution in [0.4, 0.5) is 11.6 Å². The lowest BCUT2D eigenvalue weighted by molar-refractivity contribution is -0.111. The first-order valence-electron chi connectivity index (χ1n) is 9.02. The summed E-state index contributed by atoms with van der Waals surface area (Å²) in [5.74, 6) is -0.424. The van der Waals surface area contributed by atoms with Gasteiger partial charge in [0.05, 0.1) is 4.90 Å². The van der Waals surface area contributed by atoms with Gasteiger partial charge in [-0.05, 0) is 62.4 Å². The van der Waals surface area contributed by atoms with Gasteiger partial charge in [0, 0.05) is 38.8 Å². The summed E-state index contributed by atoms with van der Waals surface area (Å²) >= 11 is 12.1. The Hall–Kier alpha value is -2.94. The van der Waals surface area contributed by atoms with Crippen LogP contribution in [0.2, 0.25) is 10.0 Å². The average molecular weight is 477 g/mol. The number of nitrogens with zero attached hydrogens (tertiary/aromatic N) is 2. The Labute approximate surface area is 190 Å². The lowest BCUT2D eigenvalue weighted by atomic mass is 10.2. The van der Waals surface area contributed by atoms with E-state index in [-0.39, 0.29) is 10.8 Å². The fraction of sp³-hybridized carbons (Fsp3) is 0.0952. The first kappa shape index (κ1) is 22.7. The van der Waals surface area contributed by atoms with Crippen LogP contribution in [-0.4, -0.2) is 24.3 Å². The Balaban J connectivity index is 1.69. The zero-order valence-corrected chi connectivity index (χ0v) is 18.9. The van der Waals surface area contributed by atoms with Crippen molar-refractivity contribution < 1.29 is 13.2 Å². The largest absolute Gasteiger partial charge is 0.323 e. The molecule has 0 saturated heterocycles. The molecule has 3 rings (SSSR count). The number of benzene rings is 2. The van der Waals surface area contributed by atoms with E-state index in [0.717, 1.165) is 0 Å². The van der Waals surface area contributed by atoms with Crippen molar-refractivity contribution in [2.24, 2.45) is 0 Å². The molecule has 3 aromatic rings. The van der Waals surface area contributed by atoms with Crippen molar-refractivity contribution >= 4 is 56.8 Å². The summed E-state index contributed by atoms with van der Waals surface area (Å²) < 4.78 is 27.5. The Morgan fingerprint density at radius 2 is 1.55 bits per heavy atom. The molecule has 0 saturated carbocycles. The lowest BCUT2D eigenvalue weighted by Gasteiger charge is -2.09. The minimum atomic E-state index is -3.88. The van der Waals surface area contributed by atoms with Crippen LogP contribution in [0.5, 0.6) is 0 Å². The van der Waals surface area contributed by atoms with Crippen LogP contribution < -0.4 is 10.0 Å². The summed E-state index contributed by atoms with van der Waals surface area (Å²) in [4.78, 5) is 20.3. The second-order valence-electron chi connectivity index (χ2n) is 6.56. The van der Waals surface area contributed by atoms with Crippen molar-refractivity contribution in [3.05, 3.63) is 81.6 Å². The minimum Gasteiger partial charge on any atom is -0.323 e. The van der Waals surface area contributed by atoms with Crippen LogP contribution in [0.3, 0.4) is 0 Å². The van der Waals surface area contributed by atoms with E-state index in [1.54, 1.807) is 38.1 Å². The zero-order valence-electron chi connectivity index (χ0n) is 16.6. The summed E-state index contributed by atoms with van der Waals surface area (Å²) in [6.07, 6.45) is 2.79. The monoisotopic (exact) mass is 476 g/mol. The second kappa shape index (κ2) is 9.47. The highest BCUT2D eigenvalue weighted by Gasteiger charge is 2.16. The van der Waals surface area contributed by atoms with Gasteiger partial charge in [-0.1, -0.05) is 29.3 Å². The Bertz CT molecular complexity index is 1220. The molecule has 7 nitrogen and oxygen atoms in total. The van der Waals surface area contributed by atoms with Crippen LogP contribution >= 0.6 is 23.2 Å². The third-order valence-corrected chi connectivity index (χ3v) is 6.04. The van der Waals surface area contributed by atoms with E-state index in [0.29, 0.717) is 32.7 Å². The summed E-state index contributed by atoms with van der Waals surface area (Å²) in [5, 5.41) is 3.49. The van der Waals surface area contributed by atoms with E-state index in [1.807, 2.05) is 0 Å². The molecule has 1 heterocycles. The molecule has 0 atom stereocenters.